The van der Waals surface area contributed by atoms with E-state index in [4.69, 9.17) is 11.5 Å². The Hall–Kier alpha value is -2.16. The average Bonchev–Trinajstić information content (AvgIpc) is 2.34. The lowest BCUT2D eigenvalue weighted by Gasteiger charge is -2.07. The van der Waals surface area contributed by atoms with Gasteiger partial charge in [-0.15, -0.1) is 0 Å². The molecule has 0 fully saturated rings. The molecule has 0 amide bonds. The van der Waals surface area contributed by atoms with Crippen LogP contribution in [-0.4, -0.2) is 5.16 Å². The normalized spacial score (nSPS) is 9.65. The molecule has 84 valence electrons. The van der Waals surface area contributed by atoms with Crippen molar-refractivity contribution >= 4 is 34.4 Å². The minimum atomic E-state index is 0.690. The summed E-state index contributed by atoms with van der Waals surface area (Å²) in [6, 6.07) is 13.0. The predicted octanol–water partition coefficient (Wildman–Crippen LogP) is 3.25. The summed E-state index contributed by atoms with van der Waals surface area (Å²) in [6.45, 7) is 0. The minimum Gasteiger partial charge on any atom is -0.399 e. The molecule has 0 aliphatic carbocycles. The molecule has 0 heterocycles. The molecule has 4 heteroatoms. The zero-order chi connectivity index (χ0) is 12.3. The number of hydrogen-bond acceptors (Lipinski definition) is 4. The molecule has 0 saturated carbocycles. The van der Waals surface area contributed by atoms with Crippen LogP contribution < -0.4 is 11.5 Å². The second-order valence-electron chi connectivity index (χ2n) is 3.60. The Kier molecular flexibility index (Phi) is 3.19. The second-order valence-corrected chi connectivity index (χ2v) is 3.78. The minimum absolute atomic E-state index is 0.690. The van der Waals surface area contributed by atoms with Crippen molar-refractivity contribution in [1.29, 1.82) is 0 Å². The van der Waals surface area contributed by atoms with Gasteiger partial charge in [-0.2, -0.15) is 4.99 Å². The van der Waals surface area contributed by atoms with Crippen LogP contribution in [0.1, 0.15) is 0 Å². The SMILES string of the molecule is Nc1ccc(N)c(-c2ccc(N=C=S)cc2)c1. The highest BCUT2D eigenvalue weighted by atomic mass is 32.1. The number of benzene rings is 2. The fraction of sp³-hybridized carbons (Fsp3) is 0. The molecule has 2 aromatic carbocycles. The van der Waals surface area contributed by atoms with E-state index in [1.807, 2.05) is 30.3 Å². The van der Waals surface area contributed by atoms with Crippen LogP contribution in [0.15, 0.2) is 47.5 Å². The smallest absolute Gasteiger partial charge is 0.0739 e. The van der Waals surface area contributed by atoms with Crippen molar-refractivity contribution in [2.75, 3.05) is 11.5 Å². The van der Waals surface area contributed by atoms with Crippen molar-refractivity contribution < 1.29 is 0 Å². The molecule has 4 N–H and O–H groups in total. The lowest BCUT2D eigenvalue weighted by Crippen LogP contribution is -1.92. The van der Waals surface area contributed by atoms with Gasteiger partial charge in [-0.1, -0.05) is 12.1 Å². The molecule has 17 heavy (non-hydrogen) atoms. The van der Waals surface area contributed by atoms with Crippen LogP contribution in [-0.2, 0) is 0 Å². The largest absolute Gasteiger partial charge is 0.399 e. The maximum absolute atomic E-state index is 5.91. The third-order valence-electron chi connectivity index (χ3n) is 2.43. The summed E-state index contributed by atoms with van der Waals surface area (Å²) in [4.78, 5) is 3.89. The van der Waals surface area contributed by atoms with Gasteiger partial charge in [0.05, 0.1) is 10.8 Å². The number of rotatable bonds is 2. The Morgan fingerprint density at radius 1 is 1.00 bits per heavy atom. The first-order valence-corrected chi connectivity index (χ1v) is 5.45. The molecular formula is C13H11N3S. The van der Waals surface area contributed by atoms with Gasteiger partial charge in [0.15, 0.2) is 0 Å². The summed E-state index contributed by atoms with van der Waals surface area (Å²) in [5, 5.41) is 2.33. The summed E-state index contributed by atoms with van der Waals surface area (Å²) in [5.41, 5.74) is 15.7. The summed E-state index contributed by atoms with van der Waals surface area (Å²) in [6.07, 6.45) is 0. The standard InChI is InChI=1S/C13H11N3S/c14-10-3-6-13(15)12(7-10)9-1-4-11(5-2-9)16-8-17/h1-7H,14-15H2. The Labute approximate surface area is 105 Å². The molecule has 0 aromatic heterocycles. The molecule has 0 saturated heterocycles. The second kappa shape index (κ2) is 4.78. The third kappa shape index (κ3) is 2.50. The molecule has 0 aliphatic heterocycles. The van der Waals surface area contributed by atoms with Crippen molar-refractivity contribution in [3.8, 4) is 11.1 Å². The van der Waals surface area contributed by atoms with E-state index in [9.17, 15) is 0 Å². The number of thiocarbonyl (C=S) groups is 1. The molecule has 0 atom stereocenters. The van der Waals surface area contributed by atoms with Crippen molar-refractivity contribution in [2.24, 2.45) is 4.99 Å². The number of anilines is 2. The molecule has 0 radical (unpaired) electrons. The zero-order valence-corrected chi connectivity index (χ0v) is 9.87. The van der Waals surface area contributed by atoms with E-state index in [1.54, 1.807) is 12.1 Å². The monoisotopic (exact) mass is 241 g/mol. The van der Waals surface area contributed by atoms with Gasteiger partial charge in [0.2, 0.25) is 0 Å². The molecule has 0 spiro atoms. The van der Waals surface area contributed by atoms with Crippen LogP contribution in [0.2, 0.25) is 0 Å². The highest BCUT2D eigenvalue weighted by molar-refractivity contribution is 7.78. The first-order chi connectivity index (χ1) is 8.20. The summed E-state index contributed by atoms with van der Waals surface area (Å²) < 4.78 is 0. The van der Waals surface area contributed by atoms with Gasteiger partial charge in [0.25, 0.3) is 0 Å². The van der Waals surface area contributed by atoms with Gasteiger partial charge in [-0.05, 0) is 48.1 Å². The third-order valence-corrected chi connectivity index (χ3v) is 2.52. The first kappa shape index (κ1) is 11.3. The Bertz CT molecular complexity index is 584. The number of hydrogen-bond donors (Lipinski definition) is 2. The van der Waals surface area contributed by atoms with Crippen molar-refractivity contribution in [1.82, 2.24) is 0 Å². The number of aliphatic imine (C=N–C) groups is 1. The molecule has 3 nitrogen and oxygen atoms in total. The molecule has 0 aliphatic rings. The molecule has 0 unspecified atom stereocenters. The summed E-state index contributed by atoms with van der Waals surface area (Å²) in [7, 11) is 0. The van der Waals surface area contributed by atoms with E-state index in [0.717, 1.165) is 16.8 Å². The van der Waals surface area contributed by atoms with Gasteiger partial charge in [0, 0.05) is 16.9 Å². The first-order valence-electron chi connectivity index (χ1n) is 5.04. The fourth-order valence-corrected chi connectivity index (χ4v) is 1.70. The average molecular weight is 241 g/mol. The zero-order valence-electron chi connectivity index (χ0n) is 9.05. The Balaban J connectivity index is 2.46. The van der Waals surface area contributed by atoms with Crippen LogP contribution in [0.3, 0.4) is 0 Å². The number of nitrogens with zero attached hydrogens (tertiary/aromatic N) is 1. The van der Waals surface area contributed by atoms with Crippen LogP contribution in [0, 0.1) is 0 Å². The Morgan fingerprint density at radius 3 is 2.35 bits per heavy atom. The van der Waals surface area contributed by atoms with Crippen molar-refractivity contribution in [2.45, 2.75) is 0 Å². The molecule has 0 bridgehead atoms. The van der Waals surface area contributed by atoms with E-state index in [2.05, 4.69) is 22.4 Å². The van der Waals surface area contributed by atoms with Gasteiger partial charge in [-0.3, -0.25) is 0 Å². The Morgan fingerprint density at radius 2 is 1.71 bits per heavy atom. The van der Waals surface area contributed by atoms with E-state index >= 15 is 0 Å². The van der Waals surface area contributed by atoms with E-state index < -0.39 is 0 Å². The van der Waals surface area contributed by atoms with Gasteiger partial charge >= 0.3 is 0 Å². The van der Waals surface area contributed by atoms with Crippen LogP contribution >= 0.6 is 12.2 Å². The number of isothiocyanates is 1. The van der Waals surface area contributed by atoms with Crippen LogP contribution in [0.4, 0.5) is 17.1 Å². The van der Waals surface area contributed by atoms with E-state index in [-0.39, 0.29) is 0 Å². The van der Waals surface area contributed by atoms with Crippen molar-refractivity contribution in [3.05, 3.63) is 42.5 Å². The van der Waals surface area contributed by atoms with Gasteiger partial charge in [0.1, 0.15) is 0 Å². The van der Waals surface area contributed by atoms with Gasteiger partial charge in [-0.25, -0.2) is 0 Å². The maximum atomic E-state index is 5.91. The lowest BCUT2D eigenvalue weighted by atomic mass is 10.0. The summed E-state index contributed by atoms with van der Waals surface area (Å²) in [5.74, 6) is 0. The lowest BCUT2D eigenvalue weighted by molar-refractivity contribution is 1.54. The highest BCUT2D eigenvalue weighted by Crippen LogP contribution is 2.29. The fourth-order valence-electron chi connectivity index (χ4n) is 1.59. The summed E-state index contributed by atoms with van der Waals surface area (Å²) >= 11 is 4.55. The number of nitrogen functional groups attached to an aromatic ring is 2. The van der Waals surface area contributed by atoms with E-state index in [1.165, 1.54) is 0 Å². The predicted molar refractivity (Wildman–Crippen MR) is 75.4 cm³/mol. The van der Waals surface area contributed by atoms with Crippen LogP contribution in [0.25, 0.3) is 11.1 Å². The van der Waals surface area contributed by atoms with Crippen LogP contribution in [0.5, 0.6) is 0 Å². The van der Waals surface area contributed by atoms with E-state index in [0.29, 0.717) is 11.4 Å². The quantitative estimate of drug-likeness (QED) is 0.482. The van der Waals surface area contributed by atoms with Gasteiger partial charge < -0.3 is 11.5 Å². The highest BCUT2D eigenvalue weighted by Gasteiger charge is 2.02. The number of nitrogens with two attached hydrogens (primary N) is 2. The molecule has 2 rings (SSSR count). The van der Waals surface area contributed by atoms with Crippen molar-refractivity contribution in [3.63, 3.8) is 0 Å². The molecule has 2 aromatic rings. The maximum Gasteiger partial charge on any atom is 0.0739 e. The topological polar surface area (TPSA) is 64.4 Å². The molecular weight excluding hydrogens is 230 g/mol.